The molecule has 1 rings (SSSR count). The van der Waals surface area contributed by atoms with Gasteiger partial charge in [0.1, 0.15) is 16.5 Å². The lowest BCUT2D eigenvalue weighted by molar-refractivity contribution is 0.112. The second-order valence-electron chi connectivity index (χ2n) is 2.94. The fourth-order valence-corrected chi connectivity index (χ4v) is 2.20. The third kappa shape index (κ3) is 3.44. The second-order valence-corrected chi connectivity index (χ2v) is 4.73. The normalized spacial score (nSPS) is 12.5. The summed E-state index contributed by atoms with van der Waals surface area (Å²) in [4.78, 5) is 18.5. The van der Waals surface area contributed by atoms with Crippen molar-refractivity contribution in [3.63, 3.8) is 0 Å². The number of rotatable bonds is 5. The summed E-state index contributed by atoms with van der Waals surface area (Å²) in [5.74, 6) is 0. The fourth-order valence-electron chi connectivity index (χ4n) is 0.984. The van der Waals surface area contributed by atoms with Gasteiger partial charge >= 0.3 is 0 Å². The maximum atomic E-state index is 10.8. The summed E-state index contributed by atoms with van der Waals surface area (Å²) in [6.45, 7) is 2.06. The minimum Gasteiger partial charge on any atom is -0.396 e. The number of hydrogen-bond acceptors (Lipinski definition) is 5. The molecule has 1 aromatic rings. The predicted molar refractivity (Wildman–Crippen MR) is 59.5 cm³/mol. The zero-order valence-corrected chi connectivity index (χ0v) is 9.75. The highest BCUT2D eigenvalue weighted by Gasteiger charge is 2.12. The maximum absolute atomic E-state index is 10.8. The first kappa shape index (κ1) is 12.4. The molecule has 0 fully saturated rings. The van der Waals surface area contributed by atoms with Crippen LogP contribution >= 0.6 is 23.4 Å². The highest BCUT2D eigenvalue weighted by molar-refractivity contribution is 7.99. The second kappa shape index (κ2) is 6.05. The number of halogens is 1. The van der Waals surface area contributed by atoms with E-state index >= 15 is 0 Å². The zero-order chi connectivity index (χ0) is 11.3. The monoisotopic (exact) mass is 246 g/mol. The van der Waals surface area contributed by atoms with Gasteiger partial charge in [-0.25, -0.2) is 9.97 Å². The van der Waals surface area contributed by atoms with Crippen LogP contribution in [0.4, 0.5) is 0 Å². The summed E-state index contributed by atoms with van der Waals surface area (Å²) >= 11 is 7.15. The summed E-state index contributed by atoms with van der Waals surface area (Å²) in [6.07, 6.45) is 2.62. The molecule has 0 saturated carbocycles. The molecule has 0 aliphatic rings. The third-order valence-corrected chi connectivity index (χ3v) is 3.25. The van der Waals surface area contributed by atoms with Crippen LogP contribution in [0, 0.1) is 0 Å². The summed E-state index contributed by atoms with van der Waals surface area (Å²) < 4.78 is 0. The van der Waals surface area contributed by atoms with Gasteiger partial charge in [0.2, 0.25) is 0 Å². The molecule has 82 valence electrons. The van der Waals surface area contributed by atoms with Crippen LogP contribution in [0.1, 0.15) is 23.7 Å². The Morgan fingerprint density at radius 2 is 2.40 bits per heavy atom. The third-order valence-electron chi connectivity index (χ3n) is 1.77. The SMILES string of the molecule is CC(CCO)Sc1ncnc(Cl)c1C=O. The van der Waals surface area contributed by atoms with E-state index in [2.05, 4.69) is 9.97 Å². The number of hydrogen-bond donors (Lipinski definition) is 1. The van der Waals surface area contributed by atoms with E-state index in [0.29, 0.717) is 23.3 Å². The smallest absolute Gasteiger partial charge is 0.155 e. The van der Waals surface area contributed by atoms with Crippen molar-refractivity contribution >= 4 is 29.6 Å². The van der Waals surface area contributed by atoms with Crippen LogP contribution in [0.5, 0.6) is 0 Å². The number of aliphatic hydroxyl groups excluding tert-OH is 1. The van der Waals surface area contributed by atoms with E-state index in [1.807, 2.05) is 6.92 Å². The summed E-state index contributed by atoms with van der Waals surface area (Å²) in [6, 6.07) is 0. The average molecular weight is 247 g/mol. The lowest BCUT2D eigenvalue weighted by Gasteiger charge is -2.09. The van der Waals surface area contributed by atoms with Crippen molar-refractivity contribution in [3.05, 3.63) is 17.0 Å². The zero-order valence-electron chi connectivity index (χ0n) is 8.18. The minimum atomic E-state index is 0.114. The van der Waals surface area contributed by atoms with Gasteiger partial charge in [0.25, 0.3) is 0 Å². The summed E-state index contributed by atoms with van der Waals surface area (Å²) in [7, 11) is 0. The molecule has 1 unspecified atom stereocenters. The van der Waals surface area contributed by atoms with Gasteiger partial charge in [0.05, 0.1) is 5.56 Å². The van der Waals surface area contributed by atoms with E-state index in [4.69, 9.17) is 16.7 Å². The van der Waals surface area contributed by atoms with Crippen molar-refractivity contribution in [1.29, 1.82) is 0 Å². The Kier molecular flexibility index (Phi) is 5.01. The van der Waals surface area contributed by atoms with Crippen molar-refractivity contribution in [2.75, 3.05) is 6.61 Å². The van der Waals surface area contributed by atoms with Gasteiger partial charge in [-0.05, 0) is 6.42 Å². The molecule has 1 atom stereocenters. The van der Waals surface area contributed by atoms with E-state index in [1.54, 1.807) is 0 Å². The average Bonchev–Trinajstić information content (AvgIpc) is 2.18. The lowest BCUT2D eigenvalue weighted by Crippen LogP contribution is -2.02. The molecule has 15 heavy (non-hydrogen) atoms. The molecule has 6 heteroatoms. The van der Waals surface area contributed by atoms with Crippen LogP contribution in [0.25, 0.3) is 0 Å². The van der Waals surface area contributed by atoms with Crippen molar-refractivity contribution < 1.29 is 9.90 Å². The first-order valence-electron chi connectivity index (χ1n) is 4.42. The molecule has 1 aromatic heterocycles. The van der Waals surface area contributed by atoms with Crippen LogP contribution in [-0.4, -0.2) is 33.2 Å². The van der Waals surface area contributed by atoms with Gasteiger partial charge in [-0.15, -0.1) is 11.8 Å². The number of thioether (sulfide) groups is 1. The highest BCUT2D eigenvalue weighted by atomic mass is 35.5. The fraction of sp³-hybridized carbons (Fsp3) is 0.444. The molecule has 4 nitrogen and oxygen atoms in total. The summed E-state index contributed by atoms with van der Waals surface area (Å²) in [5, 5.41) is 9.66. The Balaban J connectivity index is 2.84. The van der Waals surface area contributed by atoms with Crippen LogP contribution in [0.15, 0.2) is 11.4 Å². The highest BCUT2D eigenvalue weighted by Crippen LogP contribution is 2.27. The van der Waals surface area contributed by atoms with E-state index in [0.717, 1.165) is 0 Å². The largest absolute Gasteiger partial charge is 0.396 e. The Bertz CT molecular complexity index is 349. The molecule has 0 saturated heterocycles. The van der Waals surface area contributed by atoms with Gasteiger partial charge < -0.3 is 5.11 Å². The quantitative estimate of drug-likeness (QED) is 0.488. The first-order chi connectivity index (χ1) is 7.19. The van der Waals surface area contributed by atoms with Crippen molar-refractivity contribution in [3.8, 4) is 0 Å². The Morgan fingerprint density at radius 3 is 3.00 bits per heavy atom. The molecule has 0 spiro atoms. The van der Waals surface area contributed by atoms with Crippen LogP contribution in [0.3, 0.4) is 0 Å². The minimum absolute atomic E-state index is 0.114. The van der Waals surface area contributed by atoms with E-state index in [-0.39, 0.29) is 17.0 Å². The molecular weight excluding hydrogens is 236 g/mol. The molecular formula is C9H11ClN2O2S. The molecule has 0 aliphatic heterocycles. The Hall–Kier alpha value is -0.650. The molecule has 0 radical (unpaired) electrons. The van der Waals surface area contributed by atoms with E-state index in [9.17, 15) is 4.79 Å². The number of aldehydes is 1. The van der Waals surface area contributed by atoms with Gasteiger partial charge in [0.15, 0.2) is 6.29 Å². The van der Waals surface area contributed by atoms with Crippen LogP contribution in [0.2, 0.25) is 5.15 Å². The molecule has 0 aromatic carbocycles. The standard InChI is InChI=1S/C9H11ClN2O2S/c1-6(2-3-13)15-9-7(4-14)8(10)11-5-12-9/h4-6,13H,2-3H2,1H3. The molecule has 1 heterocycles. The topological polar surface area (TPSA) is 63.1 Å². The van der Waals surface area contributed by atoms with Gasteiger partial charge in [-0.3, -0.25) is 4.79 Å². The number of nitrogens with zero attached hydrogens (tertiary/aromatic N) is 2. The van der Waals surface area contributed by atoms with Gasteiger partial charge in [0, 0.05) is 11.9 Å². The Labute approximate surface area is 97.1 Å². The molecule has 1 N–H and O–H groups in total. The van der Waals surface area contributed by atoms with Crippen LogP contribution < -0.4 is 0 Å². The molecule has 0 amide bonds. The van der Waals surface area contributed by atoms with E-state index < -0.39 is 0 Å². The van der Waals surface area contributed by atoms with Crippen molar-refractivity contribution in [2.24, 2.45) is 0 Å². The number of carbonyl (C=O) groups is 1. The molecule has 0 aliphatic carbocycles. The maximum Gasteiger partial charge on any atom is 0.155 e. The number of aliphatic hydroxyl groups is 1. The first-order valence-corrected chi connectivity index (χ1v) is 5.68. The van der Waals surface area contributed by atoms with Gasteiger partial charge in [-0.2, -0.15) is 0 Å². The molecule has 0 bridgehead atoms. The number of carbonyl (C=O) groups excluding carboxylic acids is 1. The predicted octanol–water partition coefficient (Wildman–Crippen LogP) is 1.81. The van der Waals surface area contributed by atoms with Crippen LogP contribution in [-0.2, 0) is 0 Å². The van der Waals surface area contributed by atoms with Gasteiger partial charge in [-0.1, -0.05) is 18.5 Å². The number of aromatic nitrogens is 2. The Morgan fingerprint density at radius 1 is 1.67 bits per heavy atom. The lowest BCUT2D eigenvalue weighted by atomic mass is 10.3. The summed E-state index contributed by atoms with van der Waals surface area (Å²) in [5.41, 5.74) is 0.314. The van der Waals surface area contributed by atoms with Crippen molar-refractivity contribution in [2.45, 2.75) is 23.6 Å². The van der Waals surface area contributed by atoms with Crippen molar-refractivity contribution in [1.82, 2.24) is 9.97 Å². The van der Waals surface area contributed by atoms with E-state index in [1.165, 1.54) is 18.1 Å².